The van der Waals surface area contributed by atoms with Crippen LogP contribution < -0.4 is 5.73 Å². The largest absolute Gasteiger partial charge is 0.456 e. The normalized spacial score (nSPS) is 11.4. The summed E-state index contributed by atoms with van der Waals surface area (Å²) in [5.74, 6) is 1.03. The molecule has 6 nitrogen and oxygen atoms in total. The van der Waals surface area contributed by atoms with Crippen molar-refractivity contribution in [1.82, 2.24) is 19.9 Å². The number of pyridine rings is 1. The fraction of sp³-hybridized carbons (Fsp3) is 0. The van der Waals surface area contributed by atoms with Crippen LogP contribution in [0.1, 0.15) is 0 Å². The molecule has 0 aliphatic carbocycles. The molecule has 0 atom stereocenters. The van der Waals surface area contributed by atoms with Crippen LogP contribution in [0.5, 0.6) is 0 Å². The Bertz CT molecular complexity index is 1190. The zero-order valence-electron chi connectivity index (χ0n) is 13.1. The molecule has 1 aromatic carbocycles. The molecule has 0 fully saturated rings. The zero-order chi connectivity index (χ0) is 16.8. The molecule has 4 aromatic heterocycles. The molecule has 0 saturated carbocycles. The molecule has 3 N–H and O–H groups in total. The Morgan fingerprint density at radius 1 is 1.04 bits per heavy atom. The van der Waals surface area contributed by atoms with Crippen LogP contribution in [-0.2, 0) is 0 Å². The lowest BCUT2D eigenvalue weighted by Crippen LogP contribution is -1.94. The molecule has 0 spiro atoms. The highest BCUT2D eigenvalue weighted by Gasteiger charge is 2.12. The van der Waals surface area contributed by atoms with E-state index in [1.165, 1.54) is 0 Å². The number of aromatic nitrogens is 4. The molecule has 5 aromatic rings. The number of para-hydroxylation sites is 1. The van der Waals surface area contributed by atoms with Gasteiger partial charge in [-0.1, -0.05) is 18.2 Å². The number of H-pyrrole nitrogens is 1. The third-order valence-corrected chi connectivity index (χ3v) is 4.19. The lowest BCUT2D eigenvalue weighted by atomic mass is 10.1. The number of hydrogen-bond acceptors (Lipinski definition) is 5. The maximum Gasteiger partial charge on any atom is 0.220 e. The van der Waals surface area contributed by atoms with Crippen LogP contribution in [0.25, 0.3) is 44.6 Å². The highest BCUT2D eigenvalue weighted by molar-refractivity contribution is 5.95. The van der Waals surface area contributed by atoms with Gasteiger partial charge in [-0.05, 0) is 24.3 Å². The van der Waals surface area contributed by atoms with Gasteiger partial charge in [-0.2, -0.15) is 0 Å². The van der Waals surface area contributed by atoms with Gasteiger partial charge in [-0.3, -0.25) is 0 Å². The van der Waals surface area contributed by atoms with Gasteiger partial charge in [0.25, 0.3) is 0 Å². The molecule has 25 heavy (non-hydrogen) atoms. The summed E-state index contributed by atoms with van der Waals surface area (Å²) >= 11 is 0. The summed E-state index contributed by atoms with van der Waals surface area (Å²) < 4.78 is 5.95. The quantitative estimate of drug-likeness (QED) is 0.511. The van der Waals surface area contributed by atoms with Gasteiger partial charge < -0.3 is 15.1 Å². The average Bonchev–Trinajstić information content (AvgIpc) is 3.25. The molecule has 0 aliphatic rings. The zero-order valence-corrected chi connectivity index (χ0v) is 13.1. The Morgan fingerprint density at radius 2 is 1.96 bits per heavy atom. The van der Waals surface area contributed by atoms with E-state index in [0.29, 0.717) is 0 Å². The van der Waals surface area contributed by atoms with Gasteiger partial charge >= 0.3 is 0 Å². The van der Waals surface area contributed by atoms with Crippen molar-refractivity contribution in [2.75, 3.05) is 5.73 Å². The minimum atomic E-state index is 0.244. The SMILES string of the molecule is Nc1nccc(-c2c[nH]c3ncc(-c4cc5ccccc5o4)cc23)n1. The van der Waals surface area contributed by atoms with Crippen LogP contribution in [-0.4, -0.2) is 19.9 Å². The summed E-state index contributed by atoms with van der Waals surface area (Å²) in [4.78, 5) is 15.9. The lowest BCUT2D eigenvalue weighted by Gasteiger charge is -2.01. The number of nitrogens with two attached hydrogens (primary N) is 1. The van der Waals surface area contributed by atoms with Crippen LogP contribution in [0.2, 0.25) is 0 Å². The van der Waals surface area contributed by atoms with Gasteiger partial charge in [0.05, 0.1) is 5.69 Å². The molecule has 0 unspecified atom stereocenters. The van der Waals surface area contributed by atoms with E-state index in [1.54, 1.807) is 12.4 Å². The number of furan rings is 1. The van der Waals surface area contributed by atoms with E-state index in [1.807, 2.05) is 48.7 Å². The van der Waals surface area contributed by atoms with E-state index in [0.717, 1.165) is 44.6 Å². The van der Waals surface area contributed by atoms with Crippen LogP contribution in [0.15, 0.2) is 65.5 Å². The highest BCUT2D eigenvalue weighted by Crippen LogP contribution is 2.32. The number of anilines is 1. The number of hydrogen-bond donors (Lipinski definition) is 2. The molecular weight excluding hydrogens is 314 g/mol. The van der Waals surface area contributed by atoms with E-state index >= 15 is 0 Å². The van der Waals surface area contributed by atoms with Crippen LogP contribution in [0.4, 0.5) is 5.95 Å². The third kappa shape index (κ3) is 2.23. The van der Waals surface area contributed by atoms with Crippen molar-refractivity contribution in [3.05, 3.63) is 61.1 Å². The minimum Gasteiger partial charge on any atom is -0.456 e. The lowest BCUT2D eigenvalue weighted by molar-refractivity contribution is 0.631. The first-order chi connectivity index (χ1) is 12.3. The fourth-order valence-corrected chi connectivity index (χ4v) is 3.00. The van der Waals surface area contributed by atoms with Crippen molar-refractivity contribution < 1.29 is 4.42 Å². The van der Waals surface area contributed by atoms with Crippen molar-refractivity contribution in [1.29, 1.82) is 0 Å². The molecule has 120 valence electrons. The molecule has 5 rings (SSSR count). The van der Waals surface area contributed by atoms with Gasteiger partial charge in [-0.15, -0.1) is 0 Å². The molecule has 0 saturated heterocycles. The smallest absolute Gasteiger partial charge is 0.220 e. The molecular formula is C19H13N5O. The van der Waals surface area contributed by atoms with Crippen molar-refractivity contribution in [3.8, 4) is 22.6 Å². The first-order valence-electron chi connectivity index (χ1n) is 7.83. The molecule has 0 radical (unpaired) electrons. The monoisotopic (exact) mass is 327 g/mol. The van der Waals surface area contributed by atoms with Crippen LogP contribution in [0.3, 0.4) is 0 Å². The summed E-state index contributed by atoms with van der Waals surface area (Å²) in [7, 11) is 0. The van der Waals surface area contributed by atoms with Gasteiger partial charge in [0, 0.05) is 40.5 Å². The van der Waals surface area contributed by atoms with E-state index in [2.05, 4.69) is 19.9 Å². The standard InChI is InChI=1S/C19H13N5O/c20-19-21-6-5-15(24-19)14-10-23-18-13(14)7-12(9-22-18)17-8-11-3-1-2-4-16(11)25-17/h1-10H,(H,22,23)(H2,20,21,24). The van der Waals surface area contributed by atoms with E-state index < -0.39 is 0 Å². The summed E-state index contributed by atoms with van der Waals surface area (Å²) in [6, 6.07) is 13.8. The van der Waals surface area contributed by atoms with Crippen LogP contribution in [0, 0.1) is 0 Å². The Balaban J connectivity index is 1.69. The van der Waals surface area contributed by atoms with E-state index in [9.17, 15) is 0 Å². The maximum absolute atomic E-state index is 5.95. The van der Waals surface area contributed by atoms with E-state index in [4.69, 9.17) is 10.2 Å². The molecule has 6 heteroatoms. The maximum atomic E-state index is 5.95. The molecule has 0 aliphatic heterocycles. The Labute approximate surface area is 142 Å². The highest BCUT2D eigenvalue weighted by atomic mass is 16.3. The molecule has 4 heterocycles. The fourth-order valence-electron chi connectivity index (χ4n) is 3.00. The summed E-state index contributed by atoms with van der Waals surface area (Å²) in [5.41, 5.74) is 9.94. The number of nitrogens with one attached hydrogen (secondary N) is 1. The van der Waals surface area contributed by atoms with Gasteiger partial charge in [-0.25, -0.2) is 15.0 Å². The minimum absolute atomic E-state index is 0.244. The van der Waals surface area contributed by atoms with E-state index in [-0.39, 0.29) is 5.95 Å². The molecule has 0 bridgehead atoms. The second kappa shape index (κ2) is 5.17. The van der Waals surface area contributed by atoms with Crippen molar-refractivity contribution >= 4 is 28.0 Å². The number of nitrogens with zero attached hydrogens (tertiary/aromatic N) is 3. The summed E-state index contributed by atoms with van der Waals surface area (Å²) in [6.45, 7) is 0. The second-order valence-electron chi connectivity index (χ2n) is 5.77. The first kappa shape index (κ1) is 13.7. The van der Waals surface area contributed by atoms with Gasteiger partial charge in [0.2, 0.25) is 5.95 Å². The number of aromatic amines is 1. The predicted molar refractivity (Wildman–Crippen MR) is 96.7 cm³/mol. The Morgan fingerprint density at radius 3 is 2.84 bits per heavy atom. The average molecular weight is 327 g/mol. The van der Waals surface area contributed by atoms with Crippen LogP contribution >= 0.6 is 0 Å². The predicted octanol–water partition coefficient (Wildman–Crippen LogP) is 4.02. The number of benzene rings is 1. The Kier molecular flexibility index (Phi) is 2.84. The number of rotatable bonds is 2. The number of nitrogen functional groups attached to an aromatic ring is 1. The third-order valence-electron chi connectivity index (χ3n) is 4.19. The van der Waals surface area contributed by atoms with Gasteiger partial charge in [0.1, 0.15) is 17.0 Å². The Hall–Kier alpha value is -3.67. The molecule has 0 amide bonds. The first-order valence-corrected chi connectivity index (χ1v) is 7.83. The topological polar surface area (TPSA) is 93.6 Å². The van der Waals surface area contributed by atoms with Crippen molar-refractivity contribution in [2.24, 2.45) is 0 Å². The summed E-state index contributed by atoms with van der Waals surface area (Å²) in [6.07, 6.45) is 5.32. The second-order valence-corrected chi connectivity index (χ2v) is 5.77. The summed E-state index contributed by atoms with van der Waals surface area (Å²) in [5, 5.41) is 2.02. The van der Waals surface area contributed by atoms with Crippen molar-refractivity contribution in [2.45, 2.75) is 0 Å². The van der Waals surface area contributed by atoms with Crippen molar-refractivity contribution in [3.63, 3.8) is 0 Å². The number of fused-ring (bicyclic) bond motifs is 2. The van der Waals surface area contributed by atoms with Gasteiger partial charge in [0.15, 0.2) is 0 Å².